The standard InChI is InChI=1S/C31H30N6O6/c1-31(2,3)42-30(40)35-28(34-29(38)39)37-14-4-5-25(37)27-33-26(36-43-27)23-11-10-22-16-24(13-12-21(22)15-23)41-18-20-8-6-19(17-32)7-9-20/h6-13,15-16,25H,4-5,14,18H2,1-3H3,(H,38,39)(H,34,35,40)/t25-/m0/s1. The summed E-state index contributed by atoms with van der Waals surface area (Å²) < 4.78 is 16.8. The number of ether oxygens (including phenoxy) is 2. The minimum absolute atomic E-state index is 0.160. The van der Waals surface area contributed by atoms with Crippen molar-refractivity contribution in [2.75, 3.05) is 6.54 Å². The predicted molar refractivity (Wildman–Crippen MR) is 156 cm³/mol. The van der Waals surface area contributed by atoms with Gasteiger partial charge in [-0.25, -0.2) is 9.59 Å². The molecular weight excluding hydrogens is 552 g/mol. The maximum atomic E-state index is 12.4. The van der Waals surface area contributed by atoms with E-state index in [1.807, 2.05) is 48.5 Å². The number of fused-ring (bicyclic) bond motifs is 1. The number of carbonyl (C=O) groups excluding carboxylic acids is 1. The smallest absolute Gasteiger partial charge is 0.437 e. The second kappa shape index (κ2) is 12.2. The minimum Gasteiger partial charge on any atom is -0.489 e. The molecule has 12 heteroatoms. The maximum absolute atomic E-state index is 12.4. The molecule has 1 aliphatic rings. The van der Waals surface area contributed by atoms with Gasteiger partial charge in [0.1, 0.15) is 24.0 Å². The molecule has 1 saturated heterocycles. The first-order valence-electron chi connectivity index (χ1n) is 13.7. The van der Waals surface area contributed by atoms with Gasteiger partial charge in [-0.05, 0) is 80.3 Å². The number of likely N-dealkylation sites (tertiary alicyclic amines) is 1. The molecule has 0 aliphatic carbocycles. The van der Waals surface area contributed by atoms with Crippen LogP contribution in [0, 0.1) is 11.3 Å². The number of hydrogen-bond acceptors (Lipinski definition) is 8. The molecule has 2 amide bonds. The summed E-state index contributed by atoms with van der Waals surface area (Å²) in [6, 6.07) is 20.4. The zero-order valence-electron chi connectivity index (χ0n) is 23.9. The number of aromatic nitrogens is 2. The van der Waals surface area contributed by atoms with Gasteiger partial charge >= 0.3 is 12.2 Å². The highest BCUT2D eigenvalue weighted by Crippen LogP contribution is 2.33. The van der Waals surface area contributed by atoms with Crippen LogP contribution in [0.25, 0.3) is 22.2 Å². The van der Waals surface area contributed by atoms with Crippen LogP contribution in [0.4, 0.5) is 9.59 Å². The molecule has 1 fully saturated rings. The van der Waals surface area contributed by atoms with Crippen molar-refractivity contribution in [2.45, 2.75) is 51.9 Å². The van der Waals surface area contributed by atoms with E-state index in [1.165, 1.54) is 0 Å². The third kappa shape index (κ3) is 7.26. The summed E-state index contributed by atoms with van der Waals surface area (Å²) >= 11 is 0. The number of carbonyl (C=O) groups is 2. The fourth-order valence-corrected chi connectivity index (χ4v) is 4.69. The van der Waals surface area contributed by atoms with Crippen LogP contribution in [0.2, 0.25) is 0 Å². The molecule has 5 rings (SSSR count). The monoisotopic (exact) mass is 582 g/mol. The number of rotatable bonds is 5. The number of hydrogen-bond donors (Lipinski definition) is 2. The van der Waals surface area contributed by atoms with Crippen LogP contribution in [0.5, 0.6) is 5.75 Å². The number of amides is 2. The molecule has 3 aromatic carbocycles. The lowest BCUT2D eigenvalue weighted by atomic mass is 10.1. The summed E-state index contributed by atoms with van der Waals surface area (Å²) in [6.45, 7) is 5.90. The summed E-state index contributed by atoms with van der Waals surface area (Å²) in [4.78, 5) is 33.9. The first-order chi connectivity index (χ1) is 20.6. The van der Waals surface area contributed by atoms with Crippen LogP contribution >= 0.6 is 0 Å². The molecule has 2 N–H and O–H groups in total. The Balaban J connectivity index is 1.31. The summed E-state index contributed by atoms with van der Waals surface area (Å²) in [5.41, 5.74) is 1.52. The van der Waals surface area contributed by atoms with E-state index in [0.29, 0.717) is 43.1 Å². The first kappa shape index (κ1) is 29.1. The first-order valence-corrected chi connectivity index (χ1v) is 13.7. The lowest BCUT2D eigenvalue weighted by Gasteiger charge is -2.25. The Morgan fingerprint density at radius 1 is 1.14 bits per heavy atom. The van der Waals surface area contributed by atoms with E-state index in [9.17, 15) is 14.7 Å². The van der Waals surface area contributed by atoms with Gasteiger partial charge in [-0.15, -0.1) is 4.99 Å². The third-order valence-corrected chi connectivity index (χ3v) is 6.62. The van der Waals surface area contributed by atoms with E-state index in [1.54, 1.807) is 37.8 Å². The number of carboxylic acid groups (broad SMARTS) is 1. The van der Waals surface area contributed by atoms with Crippen molar-refractivity contribution in [3.63, 3.8) is 0 Å². The van der Waals surface area contributed by atoms with Crippen molar-refractivity contribution in [3.8, 4) is 23.2 Å². The number of benzene rings is 3. The van der Waals surface area contributed by atoms with E-state index < -0.39 is 23.8 Å². The predicted octanol–water partition coefficient (Wildman–Crippen LogP) is 6.04. The molecule has 2 heterocycles. The molecule has 0 radical (unpaired) electrons. The van der Waals surface area contributed by atoms with Gasteiger partial charge in [-0.3, -0.25) is 5.32 Å². The van der Waals surface area contributed by atoms with Gasteiger partial charge in [0.15, 0.2) is 0 Å². The Kier molecular flexibility index (Phi) is 8.25. The van der Waals surface area contributed by atoms with Crippen molar-refractivity contribution in [3.05, 3.63) is 77.7 Å². The highest BCUT2D eigenvalue weighted by Gasteiger charge is 2.35. The third-order valence-electron chi connectivity index (χ3n) is 6.62. The molecule has 1 aliphatic heterocycles. The SMILES string of the molecule is CC(C)(C)OC(=O)N=C(NC(=O)O)N1CCC[C@H]1c1nc(-c2ccc3cc(OCc4ccc(C#N)cc4)ccc3c2)no1. The number of guanidine groups is 1. The number of aliphatic imine (C=N–C) groups is 1. The van der Waals surface area contributed by atoms with E-state index in [-0.39, 0.29) is 11.9 Å². The Morgan fingerprint density at radius 3 is 2.60 bits per heavy atom. The van der Waals surface area contributed by atoms with E-state index in [0.717, 1.165) is 21.9 Å². The van der Waals surface area contributed by atoms with Gasteiger partial charge in [-0.1, -0.05) is 35.5 Å². The van der Waals surface area contributed by atoms with Crippen LogP contribution < -0.4 is 10.1 Å². The Hall–Kier alpha value is -5.44. The van der Waals surface area contributed by atoms with Crippen LogP contribution in [0.15, 0.2) is 70.2 Å². The van der Waals surface area contributed by atoms with Crippen molar-refractivity contribution < 1.29 is 28.7 Å². The molecule has 1 atom stereocenters. The Bertz CT molecular complexity index is 1720. The van der Waals surface area contributed by atoms with Crippen molar-refractivity contribution >= 4 is 28.9 Å². The fourth-order valence-electron chi connectivity index (χ4n) is 4.69. The van der Waals surface area contributed by atoms with Crippen LogP contribution in [-0.2, 0) is 11.3 Å². The average molecular weight is 583 g/mol. The minimum atomic E-state index is -1.36. The van der Waals surface area contributed by atoms with E-state index in [4.69, 9.17) is 19.3 Å². The van der Waals surface area contributed by atoms with Gasteiger partial charge in [-0.2, -0.15) is 10.2 Å². The van der Waals surface area contributed by atoms with Gasteiger partial charge in [0.05, 0.1) is 11.6 Å². The molecule has 43 heavy (non-hydrogen) atoms. The number of nitrogens with one attached hydrogen (secondary N) is 1. The van der Waals surface area contributed by atoms with Crippen molar-refractivity contribution in [1.82, 2.24) is 20.4 Å². The highest BCUT2D eigenvalue weighted by atomic mass is 16.6. The number of nitrogens with zero attached hydrogens (tertiary/aromatic N) is 5. The largest absolute Gasteiger partial charge is 0.489 e. The lowest BCUT2D eigenvalue weighted by Crippen LogP contribution is -2.44. The maximum Gasteiger partial charge on any atom is 0.437 e. The van der Waals surface area contributed by atoms with Crippen molar-refractivity contribution in [1.29, 1.82) is 5.26 Å². The van der Waals surface area contributed by atoms with Gasteiger partial charge in [0.2, 0.25) is 17.7 Å². The topological polar surface area (TPSA) is 163 Å². The lowest BCUT2D eigenvalue weighted by molar-refractivity contribution is 0.0600. The Morgan fingerprint density at radius 2 is 1.88 bits per heavy atom. The molecule has 0 unspecified atom stereocenters. The molecule has 220 valence electrons. The molecule has 12 nitrogen and oxygen atoms in total. The number of nitriles is 1. The molecular formula is C31H30N6O6. The van der Waals surface area contributed by atoms with Crippen LogP contribution in [0.1, 0.15) is 56.7 Å². The molecule has 0 spiro atoms. The molecule has 0 bridgehead atoms. The van der Waals surface area contributed by atoms with E-state index in [2.05, 4.69) is 26.5 Å². The molecule has 0 saturated carbocycles. The highest BCUT2D eigenvalue weighted by molar-refractivity contribution is 5.98. The second-order valence-electron chi connectivity index (χ2n) is 11.0. The van der Waals surface area contributed by atoms with Gasteiger partial charge in [0, 0.05) is 12.1 Å². The fraction of sp³-hybridized carbons (Fsp3) is 0.290. The second-order valence-corrected chi connectivity index (χ2v) is 11.0. The average Bonchev–Trinajstić information content (AvgIpc) is 3.65. The quantitative estimate of drug-likeness (QED) is 0.210. The molecule has 1 aromatic heterocycles. The summed E-state index contributed by atoms with van der Waals surface area (Å²) in [6.07, 6.45) is -0.979. The molecule has 4 aromatic rings. The van der Waals surface area contributed by atoms with Crippen LogP contribution in [0.3, 0.4) is 0 Å². The zero-order valence-corrected chi connectivity index (χ0v) is 23.9. The Labute approximate surface area is 247 Å². The zero-order chi connectivity index (χ0) is 30.6. The van der Waals surface area contributed by atoms with E-state index >= 15 is 0 Å². The van der Waals surface area contributed by atoms with Crippen LogP contribution in [-0.4, -0.2) is 50.4 Å². The van der Waals surface area contributed by atoms with Gasteiger partial charge < -0.3 is 24.0 Å². The summed E-state index contributed by atoms with van der Waals surface area (Å²) in [7, 11) is 0. The summed E-state index contributed by atoms with van der Waals surface area (Å²) in [5, 5.41) is 26.6. The van der Waals surface area contributed by atoms with Gasteiger partial charge in [0.25, 0.3) is 0 Å². The summed E-state index contributed by atoms with van der Waals surface area (Å²) in [5.74, 6) is 1.21. The van der Waals surface area contributed by atoms with Crippen molar-refractivity contribution in [2.24, 2.45) is 4.99 Å². The normalized spacial score (nSPS) is 15.3.